The first kappa shape index (κ1) is 16.2. The van der Waals surface area contributed by atoms with Gasteiger partial charge in [-0.15, -0.1) is 0 Å². The van der Waals surface area contributed by atoms with E-state index in [0.717, 1.165) is 25.9 Å². The van der Waals surface area contributed by atoms with Crippen LogP contribution in [0.15, 0.2) is 12.4 Å². The quantitative estimate of drug-likeness (QED) is 0.882. The number of carbonyl (C=O) groups is 1. The molecule has 1 aromatic rings. The first-order chi connectivity index (χ1) is 10.9. The molecule has 0 aromatic carbocycles. The normalized spacial score (nSPS) is 24.6. The lowest BCUT2D eigenvalue weighted by molar-refractivity contribution is 0.0691. The first-order valence-corrected chi connectivity index (χ1v) is 9.83. The highest BCUT2D eigenvalue weighted by Crippen LogP contribution is 2.18. The molecule has 2 saturated heterocycles. The van der Waals surface area contributed by atoms with Gasteiger partial charge in [-0.25, -0.2) is 18.4 Å². The SMILES string of the molecule is CC1CCN(C(=O)c2cnc(NC3CCS(=O)(=O)C3)cn2)CC1. The van der Waals surface area contributed by atoms with Gasteiger partial charge in [0.05, 0.1) is 23.9 Å². The number of nitrogens with zero attached hydrogens (tertiary/aromatic N) is 3. The highest BCUT2D eigenvalue weighted by Gasteiger charge is 2.28. The molecule has 0 spiro atoms. The lowest BCUT2D eigenvalue weighted by Gasteiger charge is -2.29. The minimum Gasteiger partial charge on any atom is -0.365 e. The molecule has 0 bridgehead atoms. The van der Waals surface area contributed by atoms with Crippen molar-refractivity contribution in [3.8, 4) is 0 Å². The number of nitrogens with one attached hydrogen (secondary N) is 1. The van der Waals surface area contributed by atoms with Gasteiger partial charge in [0.1, 0.15) is 11.5 Å². The Balaban J connectivity index is 1.60. The van der Waals surface area contributed by atoms with Gasteiger partial charge in [0.2, 0.25) is 0 Å². The molecule has 0 aliphatic carbocycles. The molecule has 1 unspecified atom stereocenters. The second-order valence-electron chi connectivity index (χ2n) is 6.51. The third-order valence-electron chi connectivity index (χ3n) is 4.53. The van der Waals surface area contributed by atoms with Crippen LogP contribution in [-0.2, 0) is 9.84 Å². The summed E-state index contributed by atoms with van der Waals surface area (Å²) in [5.74, 6) is 1.43. The second kappa shape index (κ2) is 6.43. The maximum absolute atomic E-state index is 12.4. The van der Waals surface area contributed by atoms with Crippen molar-refractivity contribution in [2.45, 2.75) is 32.2 Å². The van der Waals surface area contributed by atoms with Crippen LogP contribution in [0, 0.1) is 5.92 Å². The molecule has 3 heterocycles. The van der Waals surface area contributed by atoms with Crippen molar-refractivity contribution in [3.05, 3.63) is 18.1 Å². The average Bonchev–Trinajstić information content (AvgIpc) is 2.87. The average molecular weight is 338 g/mol. The van der Waals surface area contributed by atoms with Crippen molar-refractivity contribution in [1.29, 1.82) is 0 Å². The summed E-state index contributed by atoms with van der Waals surface area (Å²) in [7, 11) is -2.93. The number of likely N-dealkylation sites (tertiary alicyclic amines) is 1. The third kappa shape index (κ3) is 3.99. The molecule has 2 fully saturated rings. The molecule has 0 saturated carbocycles. The third-order valence-corrected chi connectivity index (χ3v) is 6.29. The molecule has 3 rings (SSSR count). The number of piperidine rings is 1. The molecule has 126 valence electrons. The molecule has 2 aliphatic rings. The monoisotopic (exact) mass is 338 g/mol. The Labute approximate surface area is 136 Å². The van der Waals surface area contributed by atoms with Gasteiger partial charge in [-0.1, -0.05) is 6.92 Å². The van der Waals surface area contributed by atoms with Crippen LogP contribution in [0.4, 0.5) is 5.82 Å². The lowest BCUT2D eigenvalue weighted by Crippen LogP contribution is -2.38. The zero-order valence-corrected chi connectivity index (χ0v) is 14.1. The van der Waals surface area contributed by atoms with Crippen molar-refractivity contribution < 1.29 is 13.2 Å². The smallest absolute Gasteiger partial charge is 0.274 e. The predicted octanol–water partition coefficient (Wildman–Crippen LogP) is 0.948. The van der Waals surface area contributed by atoms with Crippen molar-refractivity contribution in [3.63, 3.8) is 0 Å². The summed E-state index contributed by atoms with van der Waals surface area (Å²) in [6.45, 7) is 3.73. The predicted molar refractivity (Wildman–Crippen MR) is 87.0 cm³/mol. The van der Waals surface area contributed by atoms with Crippen molar-refractivity contribution in [2.24, 2.45) is 5.92 Å². The van der Waals surface area contributed by atoms with Crippen LogP contribution >= 0.6 is 0 Å². The van der Waals surface area contributed by atoms with Gasteiger partial charge in [0, 0.05) is 19.1 Å². The van der Waals surface area contributed by atoms with Gasteiger partial charge in [-0.05, 0) is 25.2 Å². The number of sulfone groups is 1. The molecule has 8 heteroatoms. The van der Waals surface area contributed by atoms with Crippen LogP contribution in [-0.4, -0.2) is 59.8 Å². The minimum atomic E-state index is -2.93. The maximum atomic E-state index is 12.4. The molecule has 23 heavy (non-hydrogen) atoms. The Kier molecular flexibility index (Phi) is 4.52. The molecule has 7 nitrogen and oxygen atoms in total. The largest absolute Gasteiger partial charge is 0.365 e. The van der Waals surface area contributed by atoms with Crippen LogP contribution in [0.3, 0.4) is 0 Å². The summed E-state index contributed by atoms with van der Waals surface area (Å²) in [6, 6.07) is -0.126. The second-order valence-corrected chi connectivity index (χ2v) is 8.73. The van der Waals surface area contributed by atoms with Gasteiger partial charge in [-0.2, -0.15) is 0 Å². The maximum Gasteiger partial charge on any atom is 0.274 e. The molecule has 2 aliphatic heterocycles. The minimum absolute atomic E-state index is 0.0839. The van der Waals surface area contributed by atoms with E-state index in [0.29, 0.717) is 23.9 Å². The first-order valence-electron chi connectivity index (χ1n) is 8.01. The number of carbonyl (C=O) groups excluding carboxylic acids is 1. The number of hydrogen-bond acceptors (Lipinski definition) is 6. The van der Waals surface area contributed by atoms with Crippen molar-refractivity contribution >= 4 is 21.6 Å². The van der Waals surface area contributed by atoms with Gasteiger partial charge >= 0.3 is 0 Å². The highest BCUT2D eigenvalue weighted by atomic mass is 32.2. The number of anilines is 1. The van der Waals surface area contributed by atoms with Crippen LogP contribution in [0.2, 0.25) is 0 Å². The summed E-state index contributed by atoms with van der Waals surface area (Å²) in [4.78, 5) is 22.6. The Morgan fingerprint density at radius 3 is 2.52 bits per heavy atom. The Morgan fingerprint density at radius 1 is 1.22 bits per heavy atom. The zero-order chi connectivity index (χ0) is 16.4. The number of aromatic nitrogens is 2. The standard InChI is InChI=1S/C15H22N4O3S/c1-11-2-5-19(6-3-11)15(20)13-8-17-14(9-16-13)18-12-4-7-23(21,22)10-12/h8-9,11-12H,2-7,10H2,1H3,(H,17,18). The Morgan fingerprint density at radius 2 is 1.96 bits per heavy atom. The lowest BCUT2D eigenvalue weighted by atomic mass is 9.99. The molecular weight excluding hydrogens is 316 g/mol. The van der Waals surface area contributed by atoms with E-state index in [9.17, 15) is 13.2 Å². The van der Waals surface area contributed by atoms with Gasteiger partial charge in [-0.3, -0.25) is 4.79 Å². The van der Waals surface area contributed by atoms with Crippen molar-refractivity contribution in [1.82, 2.24) is 14.9 Å². The van der Waals surface area contributed by atoms with E-state index < -0.39 is 9.84 Å². The number of hydrogen-bond donors (Lipinski definition) is 1. The van der Waals surface area contributed by atoms with Gasteiger partial charge in [0.15, 0.2) is 9.84 Å². The van der Waals surface area contributed by atoms with Crippen LogP contribution in [0.1, 0.15) is 36.7 Å². The van der Waals surface area contributed by atoms with Crippen LogP contribution < -0.4 is 5.32 Å². The number of amides is 1. The summed E-state index contributed by atoms with van der Waals surface area (Å²) >= 11 is 0. The van der Waals surface area contributed by atoms with E-state index in [4.69, 9.17) is 0 Å². The van der Waals surface area contributed by atoms with E-state index >= 15 is 0 Å². The zero-order valence-electron chi connectivity index (χ0n) is 13.2. The molecule has 1 atom stereocenters. The van der Waals surface area contributed by atoms with Crippen LogP contribution in [0.5, 0.6) is 0 Å². The summed E-state index contributed by atoms with van der Waals surface area (Å²) < 4.78 is 22.9. The fraction of sp³-hybridized carbons (Fsp3) is 0.667. The fourth-order valence-corrected chi connectivity index (χ4v) is 4.68. The molecular formula is C15H22N4O3S. The fourth-order valence-electron chi connectivity index (χ4n) is 3.00. The number of rotatable bonds is 3. The van der Waals surface area contributed by atoms with Gasteiger partial charge in [0.25, 0.3) is 5.91 Å². The molecule has 0 radical (unpaired) electrons. The van der Waals surface area contributed by atoms with Crippen LogP contribution in [0.25, 0.3) is 0 Å². The highest BCUT2D eigenvalue weighted by molar-refractivity contribution is 7.91. The Bertz CT molecular complexity index is 666. The summed E-state index contributed by atoms with van der Waals surface area (Å²) in [5, 5.41) is 3.07. The van der Waals surface area contributed by atoms with E-state index in [2.05, 4.69) is 22.2 Å². The summed E-state index contributed by atoms with van der Waals surface area (Å²) in [5.41, 5.74) is 0.337. The molecule has 1 aromatic heterocycles. The van der Waals surface area contributed by atoms with Crippen molar-refractivity contribution in [2.75, 3.05) is 29.9 Å². The summed E-state index contributed by atoms with van der Waals surface area (Å²) in [6.07, 6.45) is 5.59. The molecule has 1 amide bonds. The molecule has 1 N–H and O–H groups in total. The van der Waals surface area contributed by atoms with E-state index in [1.807, 2.05) is 4.90 Å². The Hall–Kier alpha value is -1.70. The van der Waals surface area contributed by atoms with E-state index in [-0.39, 0.29) is 23.5 Å². The van der Waals surface area contributed by atoms with E-state index in [1.165, 1.54) is 12.4 Å². The topological polar surface area (TPSA) is 92.3 Å². The van der Waals surface area contributed by atoms with Gasteiger partial charge < -0.3 is 10.2 Å². The van der Waals surface area contributed by atoms with E-state index in [1.54, 1.807) is 0 Å².